The summed E-state index contributed by atoms with van der Waals surface area (Å²) in [4.78, 5) is 27.8. The minimum atomic E-state index is -0.494. The van der Waals surface area contributed by atoms with E-state index in [1.165, 1.54) is 0 Å². The van der Waals surface area contributed by atoms with E-state index in [1.807, 2.05) is 43.3 Å². The van der Waals surface area contributed by atoms with E-state index in [0.717, 1.165) is 11.1 Å². The second-order valence-corrected chi connectivity index (χ2v) is 6.56. The number of nitrogens with zero attached hydrogens (tertiary/aromatic N) is 1. The van der Waals surface area contributed by atoms with Crippen molar-refractivity contribution in [3.05, 3.63) is 81.2 Å². The standard InChI is InChI=1S/C21H19NO4/c1-13-8-9-16-15(12-13)19(24)17-18(14-6-3-2-4-7-14)22(10-5-11-23)21(25)20(17)26-16/h2-4,6-9,12,18,23H,5,10-11H2,1H3/t18-/m1/s1. The molecule has 1 aliphatic heterocycles. The molecule has 1 aromatic heterocycles. The van der Waals surface area contributed by atoms with Gasteiger partial charge in [-0.15, -0.1) is 0 Å². The number of fused-ring (bicyclic) bond motifs is 2. The Balaban J connectivity index is 1.98. The molecule has 0 aliphatic carbocycles. The zero-order valence-corrected chi connectivity index (χ0v) is 14.4. The van der Waals surface area contributed by atoms with E-state index >= 15 is 0 Å². The van der Waals surface area contributed by atoms with Crippen LogP contribution in [0.4, 0.5) is 0 Å². The van der Waals surface area contributed by atoms with Crippen molar-refractivity contribution in [2.24, 2.45) is 0 Å². The molecule has 0 unspecified atom stereocenters. The summed E-state index contributed by atoms with van der Waals surface area (Å²) in [5.74, 6) is -0.194. The topological polar surface area (TPSA) is 70.8 Å². The van der Waals surface area contributed by atoms with Crippen LogP contribution in [-0.2, 0) is 0 Å². The van der Waals surface area contributed by atoms with Crippen molar-refractivity contribution >= 4 is 16.9 Å². The van der Waals surface area contributed by atoms with E-state index in [4.69, 9.17) is 4.42 Å². The van der Waals surface area contributed by atoms with E-state index in [2.05, 4.69) is 0 Å². The zero-order valence-electron chi connectivity index (χ0n) is 14.4. The molecule has 26 heavy (non-hydrogen) atoms. The minimum Gasteiger partial charge on any atom is -0.450 e. The highest BCUT2D eigenvalue weighted by Gasteiger charge is 2.42. The first-order chi connectivity index (χ1) is 12.6. The monoisotopic (exact) mass is 349 g/mol. The van der Waals surface area contributed by atoms with E-state index < -0.39 is 6.04 Å². The van der Waals surface area contributed by atoms with Gasteiger partial charge in [0, 0.05) is 13.2 Å². The van der Waals surface area contributed by atoms with Crippen molar-refractivity contribution < 1.29 is 14.3 Å². The number of aliphatic hydroxyl groups excluding tert-OH is 1. The van der Waals surface area contributed by atoms with Crippen LogP contribution in [0.2, 0.25) is 0 Å². The predicted molar refractivity (Wildman–Crippen MR) is 98.2 cm³/mol. The van der Waals surface area contributed by atoms with Gasteiger partial charge in [-0.05, 0) is 31.0 Å². The first-order valence-corrected chi connectivity index (χ1v) is 8.66. The molecule has 0 radical (unpaired) electrons. The van der Waals surface area contributed by atoms with E-state index in [-0.39, 0.29) is 23.7 Å². The molecule has 1 aliphatic rings. The Morgan fingerprint density at radius 2 is 1.88 bits per heavy atom. The highest BCUT2D eigenvalue weighted by atomic mass is 16.3. The molecule has 3 aromatic rings. The van der Waals surface area contributed by atoms with Gasteiger partial charge in [0.05, 0.1) is 17.0 Å². The molecule has 1 amide bonds. The van der Waals surface area contributed by atoms with Crippen molar-refractivity contribution in [2.45, 2.75) is 19.4 Å². The van der Waals surface area contributed by atoms with Gasteiger partial charge < -0.3 is 14.4 Å². The lowest BCUT2D eigenvalue weighted by Gasteiger charge is -2.24. The van der Waals surface area contributed by atoms with Crippen molar-refractivity contribution in [3.63, 3.8) is 0 Å². The fourth-order valence-electron chi connectivity index (χ4n) is 3.59. The molecule has 0 saturated carbocycles. The molecule has 0 saturated heterocycles. The highest BCUT2D eigenvalue weighted by molar-refractivity contribution is 5.99. The van der Waals surface area contributed by atoms with Crippen molar-refractivity contribution in [3.8, 4) is 0 Å². The average molecular weight is 349 g/mol. The van der Waals surface area contributed by atoms with Gasteiger partial charge in [0.25, 0.3) is 5.91 Å². The predicted octanol–water partition coefficient (Wildman–Crippen LogP) is 3.03. The van der Waals surface area contributed by atoms with Crippen LogP contribution < -0.4 is 5.43 Å². The Morgan fingerprint density at radius 1 is 1.12 bits per heavy atom. The van der Waals surface area contributed by atoms with Crippen molar-refractivity contribution in [1.29, 1.82) is 0 Å². The van der Waals surface area contributed by atoms with Crippen molar-refractivity contribution in [2.75, 3.05) is 13.2 Å². The van der Waals surface area contributed by atoms with Gasteiger partial charge in [0.1, 0.15) is 5.58 Å². The van der Waals surface area contributed by atoms with Gasteiger partial charge in [0.2, 0.25) is 5.76 Å². The summed E-state index contributed by atoms with van der Waals surface area (Å²) < 4.78 is 5.86. The number of carbonyl (C=O) groups is 1. The summed E-state index contributed by atoms with van der Waals surface area (Å²) in [6.45, 7) is 2.25. The molecule has 132 valence electrons. The third-order valence-corrected chi connectivity index (χ3v) is 4.79. The number of benzene rings is 2. The summed E-state index contributed by atoms with van der Waals surface area (Å²) in [7, 11) is 0. The normalized spacial score (nSPS) is 16.3. The van der Waals surface area contributed by atoms with E-state index in [0.29, 0.717) is 29.5 Å². The van der Waals surface area contributed by atoms with Crippen LogP contribution in [0.3, 0.4) is 0 Å². The Labute approximate surface area is 150 Å². The second kappa shape index (κ2) is 6.42. The number of aryl methyl sites for hydroxylation is 1. The average Bonchev–Trinajstić information content (AvgIpc) is 2.94. The number of hydrogen-bond acceptors (Lipinski definition) is 4. The molecule has 5 nitrogen and oxygen atoms in total. The van der Waals surface area contributed by atoms with Gasteiger partial charge in [-0.25, -0.2) is 0 Å². The van der Waals surface area contributed by atoms with Gasteiger partial charge in [-0.1, -0.05) is 42.0 Å². The van der Waals surface area contributed by atoms with Crippen LogP contribution in [-0.4, -0.2) is 29.1 Å². The largest absolute Gasteiger partial charge is 0.450 e. The maximum absolute atomic E-state index is 13.2. The summed E-state index contributed by atoms with van der Waals surface area (Å²) >= 11 is 0. The van der Waals surface area contributed by atoms with Gasteiger partial charge in [0.15, 0.2) is 5.43 Å². The Hall–Kier alpha value is -2.92. The first-order valence-electron chi connectivity index (χ1n) is 8.66. The lowest BCUT2D eigenvalue weighted by molar-refractivity contribution is 0.0716. The van der Waals surface area contributed by atoms with Crippen LogP contribution in [0.15, 0.2) is 57.7 Å². The van der Waals surface area contributed by atoms with Crippen LogP contribution in [0.25, 0.3) is 11.0 Å². The molecule has 0 spiro atoms. The van der Waals surface area contributed by atoms with Crippen LogP contribution in [0, 0.1) is 6.92 Å². The van der Waals surface area contributed by atoms with Crippen LogP contribution >= 0.6 is 0 Å². The molecular formula is C21H19NO4. The number of carbonyl (C=O) groups excluding carboxylic acids is 1. The Kier molecular flexibility index (Phi) is 4.09. The number of aliphatic hydroxyl groups is 1. The highest BCUT2D eigenvalue weighted by Crippen LogP contribution is 2.38. The Morgan fingerprint density at radius 3 is 2.62 bits per heavy atom. The fourth-order valence-corrected chi connectivity index (χ4v) is 3.59. The molecule has 0 fully saturated rings. The van der Waals surface area contributed by atoms with Gasteiger partial charge in [-0.2, -0.15) is 0 Å². The maximum atomic E-state index is 13.2. The van der Waals surface area contributed by atoms with Crippen molar-refractivity contribution in [1.82, 2.24) is 4.90 Å². The zero-order chi connectivity index (χ0) is 18.3. The second-order valence-electron chi connectivity index (χ2n) is 6.56. The number of hydrogen-bond donors (Lipinski definition) is 1. The lowest BCUT2D eigenvalue weighted by Crippen LogP contribution is -2.31. The molecule has 4 rings (SSSR count). The fraction of sp³-hybridized carbons (Fsp3) is 0.238. The maximum Gasteiger partial charge on any atom is 0.290 e. The summed E-state index contributed by atoms with van der Waals surface area (Å²) in [5.41, 5.74) is 2.46. The number of rotatable bonds is 4. The SMILES string of the molecule is Cc1ccc2oc3c(c(=O)c2c1)[C@@H](c1ccccc1)N(CCCO)C3=O. The van der Waals surface area contributed by atoms with Crippen LogP contribution in [0.1, 0.15) is 39.7 Å². The molecule has 1 atom stereocenters. The quantitative estimate of drug-likeness (QED) is 0.786. The van der Waals surface area contributed by atoms with Gasteiger partial charge >= 0.3 is 0 Å². The number of amides is 1. The third-order valence-electron chi connectivity index (χ3n) is 4.79. The molecule has 2 aromatic carbocycles. The minimum absolute atomic E-state index is 0.0236. The third kappa shape index (κ3) is 2.52. The molecule has 1 N–H and O–H groups in total. The van der Waals surface area contributed by atoms with E-state index in [9.17, 15) is 14.7 Å². The molecule has 2 heterocycles. The van der Waals surface area contributed by atoms with Gasteiger partial charge in [-0.3, -0.25) is 9.59 Å². The Bertz CT molecular complexity index is 1040. The first kappa shape index (κ1) is 16.5. The summed E-state index contributed by atoms with van der Waals surface area (Å²) in [6, 6.07) is 14.4. The van der Waals surface area contributed by atoms with E-state index in [1.54, 1.807) is 17.0 Å². The lowest BCUT2D eigenvalue weighted by atomic mass is 9.98. The molecular weight excluding hydrogens is 330 g/mol. The summed E-state index contributed by atoms with van der Waals surface area (Å²) in [6.07, 6.45) is 0.440. The summed E-state index contributed by atoms with van der Waals surface area (Å²) in [5, 5.41) is 9.69. The molecule has 0 bridgehead atoms. The molecule has 5 heteroatoms. The van der Waals surface area contributed by atoms with Crippen LogP contribution in [0.5, 0.6) is 0 Å². The smallest absolute Gasteiger partial charge is 0.290 e.